The number of carbonyl (C=O) groups excluding carboxylic acids is 1. The Hall–Kier alpha value is -2.37. The molecule has 0 spiro atoms. The molecule has 0 aromatic carbocycles. The van der Waals surface area contributed by atoms with E-state index in [-0.39, 0.29) is 17.0 Å². The first-order chi connectivity index (χ1) is 13.3. The van der Waals surface area contributed by atoms with Crippen molar-refractivity contribution in [3.05, 3.63) is 44.6 Å². The normalized spacial score (nSPS) is 15.2. The first kappa shape index (κ1) is 21.9. The Labute approximate surface area is 175 Å². The number of nitrogens with zero attached hydrogens (tertiary/aromatic N) is 4. The minimum Gasteiger partial charge on any atom is -0.360 e. The predicted molar refractivity (Wildman–Crippen MR) is 119 cm³/mol. The highest BCUT2D eigenvalue weighted by Crippen LogP contribution is 2.35. The summed E-state index contributed by atoms with van der Waals surface area (Å²) in [5, 5.41) is 9.48. The van der Waals surface area contributed by atoms with Crippen LogP contribution in [0.15, 0.2) is 22.4 Å². The van der Waals surface area contributed by atoms with Crippen molar-refractivity contribution in [2.45, 2.75) is 26.7 Å². The number of aromatic nitrogens is 1. The minimum absolute atomic E-state index is 0.0861. The first-order valence-corrected chi connectivity index (χ1v) is 10.2. The van der Waals surface area contributed by atoms with Crippen LogP contribution in [0.4, 0.5) is 5.82 Å². The van der Waals surface area contributed by atoms with E-state index in [1.165, 1.54) is 21.2 Å². The summed E-state index contributed by atoms with van der Waals surface area (Å²) in [5.74, 6) is 0.493. The van der Waals surface area contributed by atoms with E-state index in [4.69, 9.17) is 12.2 Å². The highest BCUT2D eigenvalue weighted by molar-refractivity contribution is 8.26. The number of hydrogen-bond donors (Lipinski definition) is 0. The number of nitriles is 1. The van der Waals surface area contributed by atoms with Crippen LogP contribution in [0.5, 0.6) is 0 Å². The molecule has 0 aliphatic carbocycles. The van der Waals surface area contributed by atoms with Gasteiger partial charge in [0.05, 0.1) is 4.91 Å². The Kier molecular flexibility index (Phi) is 7.22. The number of hydrogen-bond acceptors (Lipinski definition) is 6. The van der Waals surface area contributed by atoms with Crippen molar-refractivity contribution in [3.63, 3.8) is 0 Å². The number of unbranched alkanes of at least 4 members (excludes halogenated alkanes) is 1. The van der Waals surface area contributed by atoms with Crippen molar-refractivity contribution in [3.8, 4) is 6.07 Å². The molecule has 0 bridgehead atoms. The molecule has 0 saturated carbocycles. The van der Waals surface area contributed by atoms with E-state index in [2.05, 4.69) is 13.5 Å². The molecule has 1 aromatic heterocycles. The van der Waals surface area contributed by atoms with Crippen molar-refractivity contribution in [1.82, 2.24) is 9.47 Å². The van der Waals surface area contributed by atoms with Crippen molar-refractivity contribution >= 4 is 46.1 Å². The topological polar surface area (TPSA) is 69.3 Å². The van der Waals surface area contributed by atoms with Crippen molar-refractivity contribution in [1.29, 1.82) is 5.26 Å². The lowest BCUT2D eigenvalue weighted by molar-refractivity contribution is -0.121. The van der Waals surface area contributed by atoms with Crippen LogP contribution in [0, 0.1) is 18.3 Å². The number of amides is 1. The SMILES string of the molecule is C=CCN1C(=O)/C(=C/c2c(C)c(C#N)c(=O)n(C)c2N(C)CCCC)SC1=S. The number of pyridine rings is 1. The van der Waals surface area contributed by atoms with E-state index < -0.39 is 0 Å². The lowest BCUT2D eigenvalue weighted by atomic mass is 10.0. The molecule has 1 amide bonds. The molecule has 2 rings (SSSR count). The maximum Gasteiger partial charge on any atom is 0.270 e. The Bertz CT molecular complexity index is 956. The molecule has 148 valence electrons. The number of thioether (sulfide) groups is 1. The summed E-state index contributed by atoms with van der Waals surface area (Å²) in [5.41, 5.74) is 1.01. The van der Waals surface area contributed by atoms with Gasteiger partial charge in [0.2, 0.25) is 0 Å². The average Bonchev–Trinajstić information content (AvgIpc) is 2.92. The van der Waals surface area contributed by atoms with Crippen LogP contribution in [-0.2, 0) is 11.8 Å². The molecular formula is C20H24N4O2S2. The van der Waals surface area contributed by atoms with E-state index >= 15 is 0 Å². The molecule has 0 atom stereocenters. The van der Waals surface area contributed by atoms with Crippen LogP contribution in [0.2, 0.25) is 0 Å². The van der Waals surface area contributed by atoms with Crippen LogP contribution < -0.4 is 10.5 Å². The Morgan fingerprint density at radius 2 is 2.07 bits per heavy atom. The van der Waals surface area contributed by atoms with E-state index in [9.17, 15) is 14.9 Å². The van der Waals surface area contributed by atoms with Crippen LogP contribution in [0.3, 0.4) is 0 Å². The third-order valence-corrected chi connectivity index (χ3v) is 6.02. The largest absolute Gasteiger partial charge is 0.360 e. The van der Waals surface area contributed by atoms with Crippen LogP contribution >= 0.6 is 24.0 Å². The molecule has 28 heavy (non-hydrogen) atoms. The lowest BCUT2D eigenvalue weighted by Gasteiger charge is -2.25. The zero-order chi connectivity index (χ0) is 21.0. The molecular weight excluding hydrogens is 392 g/mol. The second-order valence-electron chi connectivity index (χ2n) is 6.57. The van der Waals surface area contributed by atoms with E-state index in [1.54, 1.807) is 26.1 Å². The standard InChI is InChI=1S/C20H24N4O2S2/c1-6-8-10-22(4)17-14(13(3)15(12-21)18(25)23(17)5)11-16-19(26)24(9-7-2)20(27)28-16/h7,11H,2,6,8-10H2,1,3-5H3/b16-11-. The van der Waals surface area contributed by atoms with E-state index in [0.29, 0.717) is 32.7 Å². The number of rotatable bonds is 7. The van der Waals surface area contributed by atoms with Crippen molar-refractivity contribution in [2.24, 2.45) is 7.05 Å². The molecule has 6 nitrogen and oxygen atoms in total. The van der Waals surface area contributed by atoms with Gasteiger partial charge in [-0.25, -0.2) is 0 Å². The number of carbonyl (C=O) groups is 1. The average molecular weight is 417 g/mol. The Morgan fingerprint density at radius 1 is 1.39 bits per heavy atom. The van der Waals surface area contributed by atoms with Crippen LogP contribution in [-0.4, -0.2) is 39.8 Å². The summed E-state index contributed by atoms with van der Waals surface area (Å²) in [6, 6.07) is 2.01. The molecule has 1 aromatic rings. The molecule has 8 heteroatoms. The highest BCUT2D eigenvalue weighted by Gasteiger charge is 2.32. The van der Waals surface area contributed by atoms with Gasteiger partial charge in [-0.05, 0) is 25.0 Å². The minimum atomic E-state index is -0.338. The van der Waals surface area contributed by atoms with Gasteiger partial charge in [0.25, 0.3) is 11.5 Å². The second-order valence-corrected chi connectivity index (χ2v) is 8.25. The van der Waals surface area contributed by atoms with Gasteiger partial charge in [0, 0.05) is 32.7 Å². The van der Waals surface area contributed by atoms with Gasteiger partial charge in [-0.1, -0.05) is 43.4 Å². The smallest absolute Gasteiger partial charge is 0.270 e. The highest BCUT2D eigenvalue weighted by atomic mass is 32.2. The number of thiocarbonyl (C=S) groups is 1. The second kappa shape index (κ2) is 9.22. The molecule has 0 N–H and O–H groups in total. The molecule has 1 aliphatic heterocycles. The summed E-state index contributed by atoms with van der Waals surface area (Å²) < 4.78 is 1.96. The summed E-state index contributed by atoms with van der Waals surface area (Å²) in [4.78, 5) is 29.3. The lowest BCUT2D eigenvalue weighted by Crippen LogP contribution is -2.31. The van der Waals surface area contributed by atoms with Gasteiger partial charge in [0.15, 0.2) is 0 Å². The van der Waals surface area contributed by atoms with E-state index in [1.807, 2.05) is 18.0 Å². The van der Waals surface area contributed by atoms with Gasteiger partial charge in [0.1, 0.15) is 21.8 Å². The third kappa shape index (κ3) is 4.05. The van der Waals surface area contributed by atoms with Gasteiger partial charge < -0.3 is 4.90 Å². The molecule has 0 unspecified atom stereocenters. The van der Waals surface area contributed by atoms with Crippen LogP contribution in [0.1, 0.15) is 36.5 Å². The zero-order valence-electron chi connectivity index (χ0n) is 16.6. The van der Waals surface area contributed by atoms with E-state index in [0.717, 1.165) is 19.4 Å². The van der Waals surface area contributed by atoms with Gasteiger partial charge in [-0.2, -0.15) is 5.26 Å². The Balaban J connectivity index is 2.69. The first-order valence-electron chi connectivity index (χ1n) is 8.99. The summed E-state index contributed by atoms with van der Waals surface area (Å²) >= 11 is 6.53. The number of anilines is 1. The summed E-state index contributed by atoms with van der Waals surface area (Å²) in [7, 11) is 3.57. The Morgan fingerprint density at radius 3 is 2.64 bits per heavy atom. The fourth-order valence-corrected chi connectivity index (χ4v) is 4.35. The monoisotopic (exact) mass is 416 g/mol. The summed E-state index contributed by atoms with van der Waals surface area (Å²) in [6.07, 6.45) is 5.35. The van der Waals surface area contributed by atoms with Crippen molar-refractivity contribution < 1.29 is 4.79 Å². The fraction of sp³-hybridized carbons (Fsp3) is 0.400. The molecule has 2 heterocycles. The maximum atomic E-state index is 12.7. The zero-order valence-corrected chi connectivity index (χ0v) is 18.2. The van der Waals surface area contributed by atoms with Crippen molar-refractivity contribution in [2.75, 3.05) is 25.0 Å². The quantitative estimate of drug-likeness (QED) is 0.386. The fourth-order valence-electron chi connectivity index (χ4n) is 3.09. The van der Waals surface area contributed by atoms with Gasteiger partial charge in [-0.3, -0.25) is 19.1 Å². The molecule has 1 saturated heterocycles. The third-order valence-electron chi connectivity index (χ3n) is 4.64. The van der Waals surface area contributed by atoms with Gasteiger partial charge >= 0.3 is 0 Å². The van der Waals surface area contributed by atoms with Crippen LogP contribution in [0.25, 0.3) is 6.08 Å². The summed E-state index contributed by atoms with van der Waals surface area (Å²) in [6.45, 7) is 8.61. The molecule has 1 aliphatic rings. The van der Waals surface area contributed by atoms with Gasteiger partial charge in [-0.15, -0.1) is 6.58 Å². The molecule has 0 radical (unpaired) electrons. The molecule has 1 fully saturated rings. The predicted octanol–water partition coefficient (Wildman–Crippen LogP) is 3.19. The maximum absolute atomic E-state index is 12.7.